The zero-order valence-electron chi connectivity index (χ0n) is 9.81. The number of rotatable bonds is 7. The number of hydrogen-bond acceptors (Lipinski definition) is 2. The third-order valence-electron chi connectivity index (χ3n) is 3.02. The second kappa shape index (κ2) is 6.39. The van der Waals surface area contributed by atoms with E-state index < -0.39 is 0 Å². The van der Waals surface area contributed by atoms with Crippen molar-refractivity contribution in [2.24, 2.45) is 0 Å². The molecule has 0 saturated carbocycles. The third-order valence-corrected chi connectivity index (χ3v) is 3.02. The topological polar surface area (TPSA) is 21.3 Å². The molecule has 13 heavy (non-hydrogen) atoms. The predicted octanol–water partition coefficient (Wildman–Crippen LogP) is 2.58. The Balaban J connectivity index is 4.50. The van der Waals surface area contributed by atoms with Gasteiger partial charge in [0.25, 0.3) is 0 Å². The van der Waals surface area contributed by atoms with E-state index in [2.05, 4.69) is 33.0 Å². The number of likely N-dealkylation sites (N-methyl/N-ethyl adjacent to an activating group) is 1. The van der Waals surface area contributed by atoms with Gasteiger partial charge in [-0.2, -0.15) is 0 Å². The van der Waals surface area contributed by atoms with Crippen LogP contribution in [0.1, 0.15) is 47.0 Å². The van der Waals surface area contributed by atoms with Crippen LogP contribution in [0.4, 0.5) is 0 Å². The van der Waals surface area contributed by atoms with E-state index in [0.717, 1.165) is 25.9 Å². The van der Waals surface area contributed by atoms with Gasteiger partial charge in [-0.05, 0) is 33.2 Å². The van der Waals surface area contributed by atoms with E-state index in [1.807, 2.05) is 7.05 Å². The molecule has 0 aromatic heterocycles. The average Bonchev–Trinajstić information content (AvgIpc) is 2.18. The minimum absolute atomic E-state index is 0.0399. The number of nitrogens with one attached hydrogen (secondary N) is 1. The molecular weight excluding hydrogens is 162 g/mol. The highest BCUT2D eigenvalue weighted by Crippen LogP contribution is 2.26. The zero-order chi connectivity index (χ0) is 10.3. The Morgan fingerprint density at radius 1 is 1.15 bits per heavy atom. The van der Waals surface area contributed by atoms with Gasteiger partial charge in [0, 0.05) is 12.6 Å². The minimum Gasteiger partial charge on any atom is -0.374 e. The van der Waals surface area contributed by atoms with Crippen molar-refractivity contribution in [1.82, 2.24) is 5.32 Å². The molecule has 1 N–H and O–H groups in total. The summed E-state index contributed by atoms with van der Waals surface area (Å²) >= 11 is 0. The molecular formula is C11H25NO. The molecule has 0 radical (unpaired) electrons. The Kier molecular flexibility index (Phi) is 6.35. The Hall–Kier alpha value is -0.0800. The van der Waals surface area contributed by atoms with Gasteiger partial charge in [-0.3, -0.25) is 0 Å². The summed E-state index contributed by atoms with van der Waals surface area (Å²) in [5, 5.41) is 3.35. The molecule has 2 heteroatoms. The maximum Gasteiger partial charge on any atom is 0.0829 e. The summed E-state index contributed by atoms with van der Waals surface area (Å²) in [5.74, 6) is 0. The van der Waals surface area contributed by atoms with Gasteiger partial charge in [-0.1, -0.05) is 20.8 Å². The van der Waals surface area contributed by atoms with E-state index in [-0.39, 0.29) is 5.60 Å². The van der Waals surface area contributed by atoms with Gasteiger partial charge >= 0.3 is 0 Å². The van der Waals surface area contributed by atoms with Crippen LogP contribution in [-0.2, 0) is 4.74 Å². The predicted molar refractivity (Wildman–Crippen MR) is 58.1 cm³/mol. The summed E-state index contributed by atoms with van der Waals surface area (Å²) in [4.78, 5) is 0. The molecule has 0 aliphatic carbocycles. The molecule has 0 fully saturated rings. The van der Waals surface area contributed by atoms with Crippen molar-refractivity contribution >= 4 is 0 Å². The molecule has 0 aromatic carbocycles. The van der Waals surface area contributed by atoms with E-state index in [0.29, 0.717) is 6.04 Å². The molecule has 0 aliphatic rings. The summed E-state index contributed by atoms with van der Waals surface area (Å²) in [6.45, 7) is 9.50. The third kappa shape index (κ3) is 2.96. The first kappa shape index (κ1) is 12.9. The average molecular weight is 187 g/mol. The smallest absolute Gasteiger partial charge is 0.0829 e. The summed E-state index contributed by atoms with van der Waals surface area (Å²) in [6, 6.07) is 0.474. The number of hydrogen-bond donors (Lipinski definition) is 1. The van der Waals surface area contributed by atoms with Gasteiger partial charge in [-0.25, -0.2) is 0 Å². The number of ether oxygens (including phenoxy) is 1. The van der Waals surface area contributed by atoms with Gasteiger partial charge in [-0.15, -0.1) is 0 Å². The van der Waals surface area contributed by atoms with Crippen LogP contribution in [0, 0.1) is 0 Å². The van der Waals surface area contributed by atoms with E-state index in [9.17, 15) is 0 Å². The SMILES string of the molecule is CCOC(CC)(CC)C(CC)NC. The van der Waals surface area contributed by atoms with Crippen molar-refractivity contribution in [3.05, 3.63) is 0 Å². The van der Waals surface area contributed by atoms with E-state index >= 15 is 0 Å². The largest absolute Gasteiger partial charge is 0.374 e. The summed E-state index contributed by atoms with van der Waals surface area (Å²) < 4.78 is 5.91. The molecule has 0 heterocycles. The van der Waals surface area contributed by atoms with Crippen molar-refractivity contribution in [2.75, 3.05) is 13.7 Å². The first-order chi connectivity index (χ1) is 6.20. The van der Waals surface area contributed by atoms with Crippen molar-refractivity contribution < 1.29 is 4.74 Å². The zero-order valence-corrected chi connectivity index (χ0v) is 9.81. The van der Waals surface area contributed by atoms with Crippen LogP contribution < -0.4 is 5.32 Å². The highest BCUT2D eigenvalue weighted by Gasteiger charge is 2.34. The lowest BCUT2D eigenvalue weighted by atomic mass is 9.86. The fraction of sp³-hybridized carbons (Fsp3) is 1.00. The molecule has 1 atom stereocenters. The molecule has 2 nitrogen and oxygen atoms in total. The minimum atomic E-state index is 0.0399. The molecule has 0 saturated heterocycles. The Bertz CT molecular complexity index is 117. The van der Waals surface area contributed by atoms with Crippen LogP contribution >= 0.6 is 0 Å². The lowest BCUT2D eigenvalue weighted by Crippen LogP contribution is -2.50. The first-order valence-corrected chi connectivity index (χ1v) is 5.51. The van der Waals surface area contributed by atoms with Crippen LogP contribution in [0.2, 0.25) is 0 Å². The van der Waals surface area contributed by atoms with Crippen molar-refractivity contribution in [1.29, 1.82) is 0 Å². The maximum atomic E-state index is 5.91. The van der Waals surface area contributed by atoms with Crippen molar-refractivity contribution in [2.45, 2.75) is 58.6 Å². The lowest BCUT2D eigenvalue weighted by molar-refractivity contribution is -0.0712. The highest BCUT2D eigenvalue weighted by molar-refractivity contribution is 4.89. The van der Waals surface area contributed by atoms with Crippen molar-refractivity contribution in [3.8, 4) is 0 Å². The van der Waals surface area contributed by atoms with E-state index in [1.165, 1.54) is 0 Å². The molecule has 0 amide bonds. The molecule has 1 unspecified atom stereocenters. The van der Waals surface area contributed by atoms with Crippen LogP contribution in [0.15, 0.2) is 0 Å². The van der Waals surface area contributed by atoms with Gasteiger partial charge in [0.15, 0.2) is 0 Å². The van der Waals surface area contributed by atoms with Crippen LogP contribution in [0.3, 0.4) is 0 Å². The molecule has 0 spiro atoms. The van der Waals surface area contributed by atoms with Crippen molar-refractivity contribution in [3.63, 3.8) is 0 Å². The quantitative estimate of drug-likeness (QED) is 0.661. The van der Waals surface area contributed by atoms with Crippen LogP contribution in [0.5, 0.6) is 0 Å². The highest BCUT2D eigenvalue weighted by atomic mass is 16.5. The fourth-order valence-electron chi connectivity index (χ4n) is 2.17. The van der Waals surface area contributed by atoms with Gasteiger partial charge in [0.2, 0.25) is 0 Å². The molecule has 0 rings (SSSR count). The first-order valence-electron chi connectivity index (χ1n) is 5.51. The summed E-state index contributed by atoms with van der Waals surface area (Å²) in [6.07, 6.45) is 3.28. The second-order valence-corrected chi connectivity index (χ2v) is 3.45. The summed E-state index contributed by atoms with van der Waals surface area (Å²) in [5.41, 5.74) is 0.0399. The Morgan fingerprint density at radius 3 is 1.92 bits per heavy atom. The van der Waals surface area contributed by atoms with E-state index in [4.69, 9.17) is 4.74 Å². The molecule has 0 bridgehead atoms. The summed E-state index contributed by atoms with van der Waals surface area (Å²) in [7, 11) is 2.02. The van der Waals surface area contributed by atoms with E-state index in [1.54, 1.807) is 0 Å². The van der Waals surface area contributed by atoms with Crippen LogP contribution in [0.25, 0.3) is 0 Å². The van der Waals surface area contributed by atoms with Gasteiger partial charge < -0.3 is 10.1 Å². The normalized spacial score (nSPS) is 14.5. The van der Waals surface area contributed by atoms with Gasteiger partial charge in [0.1, 0.15) is 0 Å². The van der Waals surface area contributed by atoms with Crippen LogP contribution in [-0.4, -0.2) is 25.3 Å². The molecule has 0 aliphatic heterocycles. The molecule has 0 aromatic rings. The fourth-order valence-corrected chi connectivity index (χ4v) is 2.17. The second-order valence-electron chi connectivity index (χ2n) is 3.45. The monoisotopic (exact) mass is 187 g/mol. The Labute approximate surface area is 83.1 Å². The standard InChI is InChI=1S/C11H25NO/c1-6-10(12-5)11(7-2,8-3)13-9-4/h10,12H,6-9H2,1-5H3. The Morgan fingerprint density at radius 2 is 1.69 bits per heavy atom. The molecule has 80 valence electrons. The maximum absolute atomic E-state index is 5.91. The van der Waals surface area contributed by atoms with Gasteiger partial charge in [0.05, 0.1) is 5.60 Å². The lowest BCUT2D eigenvalue weighted by Gasteiger charge is -2.38.